The number of thioether (sulfide) groups is 1. The molecule has 1 nitrogen and oxygen atoms in total. The lowest BCUT2D eigenvalue weighted by atomic mass is 9.97. The Morgan fingerprint density at radius 3 is 2.29 bits per heavy atom. The zero-order valence-corrected chi connectivity index (χ0v) is 13.0. The molecule has 0 radical (unpaired) electrons. The molecule has 0 bridgehead atoms. The van der Waals surface area contributed by atoms with Crippen molar-refractivity contribution in [2.75, 3.05) is 12.8 Å². The van der Waals surface area contributed by atoms with Crippen LogP contribution in [-0.4, -0.2) is 23.6 Å². The molecule has 2 atom stereocenters. The van der Waals surface area contributed by atoms with E-state index >= 15 is 0 Å². The molecule has 0 aliphatic heterocycles. The lowest BCUT2D eigenvalue weighted by Gasteiger charge is -2.30. The standard InChI is InChI=1S/C15H31NS/c1-5-13(3)11-14(6-2)16-12-15(17-4)9-7-8-10-15/h13-14,16H,5-12H2,1-4H3. The molecule has 17 heavy (non-hydrogen) atoms. The van der Waals surface area contributed by atoms with Gasteiger partial charge in [-0.2, -0.15) is 11.8 Å². The fourth-order valence-corrected chi connectivity index (χ4v) is 3.77. The van der Waals surface area contributed by atoms with E-state index < -0.39 is 0 Å². The molecule has 2 unspecified atom stereocenters. The molecule has 1 aliphatic carbocycles. The minimum atomic E-state index is 0.558. The summed E-state index contributed by atoms with van der Waals surface area (Å²) < 4.78 is 0.558. The second kappa shape index (κ2) is 7.68. The van der Waals surface area contributed by atoms with E-state index in [1.165, 1.54) is 51.5 Å². The van der Waals surface area contributed by atoms with Crippen LogP contribution in [-0.2, 0) is 0 Å². The molecule has 1 saturated carbocycles. The maximum absolute atomic E-state index is 3.85. The van der Waals surface area contributed by atoms with Crippen molar-refractivity contribution in [1.82, 2.24) is 5.32 Å². The van der Waals surface area contributed by atoms with Gasteiger partial charge in [0.05, 0.1) is 0 Å². The van der Waals surface area contributed by atoms with Gasteiger partial charge in [-0.1, -0.05) is 40.0 Å². The first kappa shape index (κ1) is 15.4. The van der Waals surface area contributed by atoms with E-state index in [0.717, 1.165) is 12.0 Å². The molecule has 1 rings (SSSR count). The van der Waals surface area contributed by atoms with Gasteiger partial charge >= 0.3 is 0 Å². The summed E-state index contributed by atoms with van der Waals surface area (Å²) in [6.07, 6.45) is 11.9. The largest absolute Gasteiger partial charge is 0.313 e. The topological polar surface area (TPSA) is 12.0 Å². The molecule has 0 aromatic carbocycles. The third-order valence-corrected chi connectivity index (χ3v) is 5.96. The number of nitrogens with one attached hydrogen (secondary N) is 1. The first-order valence-electron chi connectivity index (χ1n) is 7.44. The summed E-state index contributed by atoms with van der Waals surface area (Å²) in [5, 5.41) is 3.85. The van der Waals surface area contributed by atoms with Gasteiger partial charge in [-0.15, -0.1) is 0 Å². The quantitative estimate of drug-likeness (QED) is 0.688. The van der Waals surface area contributed by atoms with Gasteiger partial charge in [0.1, 0.15) is 0 Å². The van der Waals surface area contributed by atoms with Crippen LogP contribution in [0.25, 0.3) is 0 Å². The molecule has 0 spiro atoms. The first-order valence-corrected chi connectivity index (χ1v) is 8.66. The van der Waals surface area contributed by atoms with Crippen molar-refractivity contribution in [2.24, 2.45) is 5.92 Å². The Morgan fingerprint density at radius 1 is 1.18 bits per heavy atom. The van der Waals surface area contributed by atoms with Crippen molar-refractivity contribution in [2.45, 2.75) is 76.5 Å². The number of rotatable bonds is 8. The molecule has 1 aliphatic rings. The van der Waals surface area contributed by atoms with Crippen LogP contribution in [0.2, 0.25) is 0 Å². The lowest BCUT2D eigenvalue weighted by molar-refractivity contribution is 0.369. The summed E-state index contributed by atoms with van der Waals surface area (Å²) in [7, 11) is 0. The van der Waals surface area contributed by atoms with Crippen LogP contribution in [0, 0.1) is 5.92 Å². The number of hydrogen-bond donors (Lipinski definition) is 1. The Kier molecular flexibility index (Phi) is 6.94. The van der Waals surface area contributed by atoms with Gasteiger partial charge in [0.25, 0.3) is 0 Å². The van der Waals surface area contributed by atoms with Crippen LogP contribution in [0.1, 0.15) is 65.7 Å². The molecule has 1 fully saturated rings. The van der Waals surface area contributed by atoms with E-state index in [9.17, 15) is 0 Å². The first-order chi connectivity index (χ1) is 8.15. The van der Waals surface area contributed by atoms with E-state index in [2.05, 4.69) is 44.1 Å². The Labute approximate surface area is 113 Å². The minimum Gasteiger partial charge on any atom is -0.313 e. The Balaban J connectivity index is 2.35. The van der Waals surface area contributed by atoms with Crippen LogP contribution >= 0.6 is 11.8 Å². The summed E-state index contributed by atoms with van der Waals surface area (Å²) in [5.41, 5.74) is 0. The maximum Gasteiger partial charge on any atom is 0.0281 e. The van der Waals surface area contributed by atoms with Gasteiger partial charge in [0, 0.05) is 17.3 Å². The van der Waals surface area contributed by atoms with Crippen molar-refractivity contribution in [3.63, 3.8) is 0 Å². The molecular weight excluding hydrogens is 226 g/mol. The van der Waals surface area contributed by atoms with Crippen molar-refractivity contribution in [1.29, 1.82) is 0 Å². The summed E-state index contributed by atoms with van der Waals surface area (Å²) in [6, 6.07) is 0.731. The zero-order valence-electron chi connectivity index (χ0n) is 12.2. The third kappa shape index (κ3) is 4.82. The van der Waals surface area contributed by atoms with Gasteiger partial charge in [-0.3, -0.25) is 0 Å². The van der Waals surface area contributed by atoms with E-state index in [0.29, 0.717) is 4.75 Å². The van der Waals surface area contributed by atoms with Crippen LogP contribution in [0.3, 0.4) is 0 Å². The molecule has 1 N–H and O–H groups in total. The third-order valence-electron chi connectivity index (χ3n) is 4.54. The zero-order chi connectivity index (χ0) is 12.7. The summed E-state index contributed by atoms with van der Waals surface area (Å²) in [6.45, 7) is 8.23. The molecule has 0 aromatic heterocycles. The Hall–Kier alpha value is 0.310. The predicted molar refractivity (Wildman–Crippen MR) is 80.9 cm³/mol. The monoisotopic (exact) mass is 257 g/mol. The average Bonchev–Trinajstić information content (AvgIpc) is 2.83. The molecule has 0 heterocycles. The fourth-order valence-electron chi connectivity index (χ4n) is 2.85. The van der Waals surface area contributed by atoms with Crippen molar-refractivity contribution in [3.8, 4) is 0 Å². The Morgan fingerprint density at radius 2 is 1.82 bits per heavy atom. The molecule has 0 saturated heterocycles. The average molecular weight is 257 g/mol. The highest BCUT2D eigenvalue weighted by molar-refractivity contribution is 8.00. The fraction of sp³-hybridized carbons (Fsp3) is 1.00. The second-order valence-electron chi connectivity index (χ2n) is 5.83. The van der Waals surface area contributed by atoms with Crippen molar-refractivity contribution in [3.05, 3.63) is 0 Å². The molecular formula is C15H31NS. The normalized spacial score (nSPS) is 22.6. The summed E-state index contributed by atoms with van der Waals surface area (Å²) in [5.74, 6) is 0.862. The molecule has 0 aromatic rings. The van der Waals surface area contributed by atoms with Crippen LogP contribution in [0.4, 0.5) is 0 Å². The maximum atomic E-state index is 3.85. The van der Waals surface area contributed by atoms with Crippen LogP contribution in [0.5, 0.6) is 0 Å². The second-order valence-corrected chi connectivity index (χ2v) is 7.10. The molecule has 2 heteroatoms. The van der Waals surface area contributed by atoms with Crippen molar-refractivity contribution >= 4 is 11.8 Å². The summed E-state index contributed by atoms with van der Waals surface area (Å²) >= 11 is 2.09. The van der Waals surface area contributed by atoms with E-state index in [-0.39, 0.29) is 0 Å². The smallest absolute Gasteiger partial charge is 0.0281 e. The highest BCUT2D eigenvalue weighted by Crippen LogP contribution is 2.39. The van der Waals surface area contributed by atoms with Gasteiger partial charge in [-0.05, 0) is 37.9 Å². The van der Waals surface area contributed by atoms with Crippen LogP contribution < -0.4 is 5.32 Å². The molecule has 102 valence electrons. The predicted octanol–water partition coefficient (Wildman–Crippen LogP) is 4.47. The molecule has 0 amide bonds. The highest BCUT2D eigenvalue weighted by atomic mass is 32.2. The summed E-state index contributed by atoms with van der Waals surface area (Å²) in [4.78, 5) is 0. The van der Waals surface area contributed by atoms with Crippen molar-refractivity contribution < 1.29 is 0 Å². The van der Waals surface area contributed by atoms with Gasteiger partial charge in [-0.25, -0.2) is 0 Å². The van der Waals surface area contributed by atoms with Gasteiger partial charge in [0.15, 0.2) is 0 Å². The van der Waals surface area contributed by atoms with E-state index in [4.69, 9.17) is 0 Å². The van der Waals surface area contributed by atoms with E-state index in [1.54, 1.807) is 0 Å². The SMILES string of the molecule is CCC(C)CC(CC)NCC1(SC)CCCC1. The highest BCUT2D eigenvalue weighted by Gasteiger charge is 2.33. The number of hydrogen-bond acceptors (Lipinski definition) is 2. The van der Waals surface area contributed by atoms with Gasteiger partial charge < -0.3 is 5.32 Å². The van der Waals surface area contributed by atoms with E-state index in [1.807, 2.05) is 0 Å². The van der Waals surface area contributed by atoms with Crippen LogP contribution in [0.15, 0.2) is 0 Å². The lowest BCUT2D eigenvalue weighted by Crippen LogP contribution is -2.41. The Bertz CT molecular complexity index is 199. The van der Waals surface area contributed by atoms with Gasteiger partial charge in [0.2, 0.25) is 0 Å². The minimum absolute atomic E-state index is 0.558.